The number of hydrogen-bond acceptors (Lipinski definition) is 3. The second-order valence-electron chi connectivity index (χ2n) is 6.77. The third-order valence-corrected chi connectivity index (χ3v) is 4.79. The van der Waals surface area contributed by atoms with Gasteiger partial charge in [-0.2, -0.15) is 0 Å². The third kappa shape index (κ3) is 3.12. The van der Waals surface area contributed by atoms with Gasteiger partial charge in [-0.15, -0.1) is 0 Å². The second kappa shape index (κ2) is 6.76. The fourth-order valence-electron chi connectivity index (χ4n) is 3.39. The van der Waals surface area contributed by atoms with Gasteiger partial charge in [-0.3, -0.25) is 4.79 Å². The molecule has 2 heterocycles. The molecular weight excluding hydrogens is 338 g/mol. The van der Waals surface area contributed by atoms with Crippen molar-refractivity contribution in [2.75, 3.05) is 0 Å². The van der Waals surface area contributed by atoms with E-state index in [1.54, 1.807) is 6.33 Å². The third-order valence-electron chi connectivity index (χ3n) is 4.79. The predicted octanol–water partition coefficient (Wildman–Crippen LogP) is 4.46. The van der Waals surface area contributed by atoms with Crippen molar-refractivity contribution in [1.29, 1.82) is 0 Å². The van der Waals surface area contributed by atoms with E-state index in [2.05, 4.69) is 24.9 Å². The first-order valence-corrected chi connectivity index (χ1v) is 8.93. The maximum Gasteiger partial charge on any atom is 0.219 e. The van der Waals surface area contributed by atoms with E-state index in [0.717, 1.165) is 39.2 Å². The highest BCUT2D eigenvalue weighted by Gasteiger charge is 2.22. The van der Waals surface area contributed by atoms with Gasteiger partial charge < -0.3 is 14.7 Å². The number of hydrogen-bond donors (Lipinski definition) is 1. The zero-order chi connectivity index (χ0) is 19.0. The van der Waals surface area contributed by atoms with Gasteiger partial charge in [-0.05, 0) is 26.0 Å². The van der Waals surface area contributed by atoms with E-state index in [1.807, 2.05) is 47.0 Å². The van der Waals surface area contributed by atoms with Crippen LogP contribution >= 0.6 is 0 Å². The molecule has 2 N–H and O–H groups in total. The summed E-state index contributed by atoms with van der Waals surface area (Å²) < 4.78 is 8.18. The smallest absolute Gasteiger partial charge is 0.219 e. The summed E-state index contributed by atoms with van der Waals surface area (Å²) in [4.78, 5) is 15.9. The number of carbonyl (C=O) groups is 1. The normalized spacial score (nSPS) is 11.2. The van der Waals surface area contributed by atoms with E-state index < -0.39 is 0 Å². The summed E-state index contributed by atoms with van der Waals surface area (Å²) in [5.41, 5.74) is 11.1. The molecule has 0 unspecified atom stereocenters. The molecule has 0 aliphatic heterocycles. The van der Waals surface area contributed by atoms with E-state index in [-0.39, 0.29) is 12.3 Å². The molecular formula is C22H21N3O2. The maximum atomic E-state index is 11.3. The number of imidazole rings is 1. The van der Waals surface area contributed by atoms with Gasteiger partial charge >= 0.3 is 0 Å². The number of aryl methyl sites for hydroxylation is 3. The summed E-state index contributed by atoms with van der Waals surface area (Å²) in [5, 5.41) is 1.09. The number of carbonyl (C=O) groups excluding carboxylic acids is 1. The Labute approximate surface area is 157 Å². The van der Waals surface area contributed by atoms with Gasteiger partial charge in [0, 0.05) is 29.5 Å². The van der Waals surface area contributed by atoms with Crippen molar-refractivity contribution in [3.8, 4) is 22.7 Å². The van der Waals surface area contributed by atoms with Crippen LogP contribution in [-0.2, 0) is 11.3 Å². The van der Waals surface area contributed by atoms with Crippen molar-refractivity contribution in [2.45, 2.75) is 26.8 Å². The monoisotopic (exact) mass is 359 g/mol. The van der Waals surface area contributed by atoms with Gasteiger partial charge in [0.1, 0.15) is 11.3 Å². The van der Waals surface area contributed by atoms with Crippen LogP contribution in [0.15, 0.2) is 59.3 Å². The van der Waals surface area contributed by atoms with Crippen molar-refractivity contribution in [3.05, 3.63) is 66.0 Å². The summed E-state index contributed by atoms with van der Waals surface area (Å²) in [6.45, 7) is 4.58. The SMILES string of the molecule is Cc1ccc2oc(-c3c(-c4ccccc4)ncn3CCC(N)=O)c(C)c2c1. The molecule has 0 radical (unpaired) electrons. The van der Waals surface area contributed by atoms with Crippen LogP contribution in [0, 0.1) is 13.8 Å². The van der Waals surface area contributed by atoms with Gasteiger partial charge in [0.2, 0.25) is 5.91 Å². The lowest BCUT2D eigenvalue weighted by atomic mass is 10.0. The lowest BCUT2D eigenvalue weighted by molar-refractivity contribution is -0.118. The molecule has 4 aromatic rings. The average Bonchev–Trinajstić information content (AvgIpc) is 3.22. The minimum absolute atomic E-state index is 0.246. The molecule has 0 fully saturated rings. The first-order valence-electron chi connectivity index (χ1n) is 8.93. The highest BCUT2D eigenvalue weighted by atomic mass is 16.3. The molecule has 0 aliphatic carbocycles. The van der Waals surface area contributed by atoms with Crippen molar-refractivity contribution in [1.82, 2.24) is 9.55 Å². The molecule has 4 rings (SSSR count). The summed E-state index contributed by atoms with van der Waals surface area (Å²) in [6, 6.07) is 16.1. The molecule has 0 saturated heterocycles. The summed E-state index contributed by atoms with van der Waals surface area (Å²) >= 11 is 0. The fraction of sp³-hybridized carbons (Fsp3) is 0.182. The maximum absolute atomic E-state index is 11.3. The van der Waals surface area contributed by atoms with E-state index in [4.69, 9.17) is 10.2 Å². The molecule has 0 bridgehead atoms. The Morgan fingerprint density at radius 2 is 1.93 bits per heavy atom. The number of nitrogens with two attached hydrogens (primary N) is 1. The summed E-state index contributed by atoms with van der Waals surface area (Å²) in [6.07, 6.45) is 1.99. The van der Waals surface area contributed by atoms with Crippen LogP contribution in [0.5, 0.6) is 0 Å². The highest BCUT2D eigenvalue weighted by molar-refractivity contribution is 5.90. The van der Waals surface area contributed by atoms with Crippen LogP contribution in [0.2, 0.25) is 0 Å². The van der Waals surface area contributed by atoms with Gasteiger partial charge in [0.05, 0.1) is 12.0 Å². The van der Waals surface area contributed by atoms with Crippen molar-refractivity contribution in [2.24, 2.45) is 5.73 Å². The van der Waals surface area contributed by atoms with Crippen molar-refractivity contribution >= 4 is 16.9 Å². The van der Waals surface area contributed by atoms with E-state index in [1.165, 1.54) is 5.56 Å². The molecule has 1 amide bonds. The number of primary amides is 1. The first kappa shape index (κ1) is 17.1. The van der Waals surface area contributed by atoms with Crippen molar-refractivity contribution < 1.29 is 9.21 Å². The minimum Gasteiger partial charge on any atom is -0.454 e. The Morgan fingerprint density at radius 1 is 1.15 bits per heavy atom. The molecule has 5 nitrogen and oxygen atoms in total. The lowest BCUT2D eigenvalue weighted by Gasteiger charge is -2.08. The topological polar surface area (TPSA) is 74.1 Å². The summed E-state index contributed by atoms with van der Waals surface area (Å²) in [7, 11) is 0. The fourth-order valence-corrected chi connectivity index (χ4v) is 3.39. The average molecular weight is 359 g/mol. The Hall–Kier alpha value is -3.34. The largest absolute Gasteiger partial charge is 0.454 e. The van der Waals surface area contributed by atoms with E-state index >= 15 is 0 Å². The molecule has 5 heteroatoms. The minimum atomic E-state index is -0.340. The number of aromatic nitrogens is 2. The highest BCUT2D eigenvalue weighted by Crippen LogP contribution is 2.38. The van der Waals surface area contributed by atoms with Crippen LogP contribution in [0.3, 0.4) is 0 Å². The number of nitrogens with zero attached hydrogens (tertiary/aromatic N) is 2. The van der Waals surface area contributed by atoms with Gasteiger partial charge in [0.25, 0.3) is 0 Å². The van der Waals surface area contributed by atoms with Crippen LogP contribution in [0.1, 0.15) is 17.5 Å². The zero-order valence-corrected chi connectivity index (χ0v) is 15.4. The van der Waals surface area contributed by atoms with Gasteiger partial charge in [-0.25, -0.2) is 4.98 Å². The lowest BCUT2D eigenvalue weighted by Crippen LogP contribution is -2.14. The number of amides is 1. The Kier molecular flexibility index (Phi) is 4.28. The molecule has 0 aliphatic rings. The molecule has 0 saturated carbocycles. The Bertz CT molecular complexity index is 1120. The van der Waals surface area contributed by atoms with Crippen LogP contribution < -0.4 is 5.73 Å². The molecule has 27 heavy (non-hydrogen) atoms. The Balaban J connectivity index is 1.93. The molecule has 0 spiro atoms. The van der Waals surface area contributed by atoms with Crippen LogP contribution in [-0.4, -0.2) is 15.5 Å². The molecule has 136 valence electrons. The Morgan fingerprint density at radius 3 is 2.67 bits per heavy atom. The van der Waals surface area contributed by atoms with Gasteiger partial charge in [-0.1, -0.05) is 42.0 Å². The number of rotatable bonds is 5. The molecule has 2 aromatic heterocycles. The molecule has 2 aromatic carbocycles. The molecule has 0 atom stereocenters. The number of furan rings is 1. The quantitative estimate of drug-likeness (QED) is 0.572. The van der Waals surface area contributed by atoms with E-state index in [9.17, 15) is 4.79 Å². The first-order chi connectivity index (χ1) is 13.0. The van der Waals surface area contributed by atoms with Crippen LogP contribution in [0.25, 0.3) is 33.7 Å². The van der Waals surface area contributed by atoms with Gasteiger partial charge in [0.15, 0.2) is 5.76 Å². The standard InChI is InChI=1S/C22H21N3O2/c1-14-8-9-18-17(12-14)15(2)22(27-18)21-20(16-6-4-3-5-7-16)24-13-25(21)11-10-19(23)26/h3-9,12-13H,10-11H2,1-2H3,(H2,23,26). The second-order valence-corrected chi connectivity index (χ2v) is 6.77. The summed E-state index contributed by atoms with van der Waals surface area (Å²) in [5.74, 6) is 0.435. The van der Waals surface area contributed by atoms with Crippen molar-refractivity contribution in [3.63, 3.8) is 0 Å². The number of benzene rings is 2. The zero-order valence-electron chi connectivity index (χ0n) is 15.4. The van der Waals surface area contributed by atoms with E-state index in [0.29, 0.717) is 6.54 Å². The predicted molar refractivity (Wildman–Crippen MR) is 106 cm³/mol. The number of fused-ring (bicyclic) bond motifs is 1. The van der Waals surface area contributed by atoms with Crippen LogP contribution in [0.4, 0.5) is 0 Å².